The molecule has 0 bridgehead atoms. The van der Waals surface area contributed by atoms with E-state index in [1.54, 1.807) is 18.3 Å². The first kappa shape index (κ1) is 22.3. The van der Waals surface area contributed by atoms with Crippen LogP contribution >= 0.6 is 34.4 Å². The summed E-state index contributed by atoms with van der Waals surface area (Å²) >= 11 is 4.36. The first-order valence-corrected chi connectivity index (χ1v) is 12.7. The van der Waals surface area contributed by atoms with E-state index in [0.717, 1.165) is 20.9 Å². The molecule has 0 aliphatic carbocycles. The molecular weight excluding hydrogens is 458 g/mol. The third-order valence-electron chi connectivity index (χ3n) is 4.63. The van der Waals surface area contributed by atoms with Crippen molar-refractivity contribution in [2.45, 2.75) is 17.1 Å². The van der Waals surface area contributed by atoms with Crippen LogP contribution in [0.5, 0.6) is 0 Å². The Labute approximate surface area is 199 Å². The molecule has 4 aromatic rings. The van der Waals surface area contributed by atoms with E-state index in [-0.39, 0.29) is 12.5 Å². The van der Waals surface area contributed by atoms with Crippen LogP contribution in [-0.2, 0) is 9.53 Å². The predicted molar refractivity (Wildman–Crippen MR) is 134 cm³/mol. The van der Waals surface area contributed by atoms with Gasteiger partial charge in [0.1, 0.15) is 15.8 Å². The predicted octanol–water partition coefficient (Wildman–Crippen LogP) is 7.13. The molecule has 0 aliphatic rings. The molecule has 4 rings (SSSR count). The van der Waals surface area contributed by atoms with E-state index < -0.39 is 11.2 Å². The highest BCUT2D eigenvalue weighted by Crippen LogP contribution is 2.41. The Morgan fingerprint density at radius 1 is 0.969 bits per heavy atom. The smallest absolute Gasteiger partial charge is 0.341 e. The molecule has 7 heteroatoms. The van der Waals surface area contributed by atoms with Crippen molar-refractivity contribution in [3.05, 3.63) is 94.7 Å². The number of anilines is 1. The largest absolute Gasteiger partial charge is 0.462 e. The molecule has 2 heterocycles. The van der Waals surface area contributed by atoms with Crippen LogP contribution in [0.15, 0.2) is 88.5 Å². The molecular formula is C25H21NO3S3. The molecule has 2 aromatic heterocycles. The van der Waals surface area contributed by atoms with E-state index in [9.17, 15) is 9.59 Å². The molecule has 0 aliphatic heterocycles. The fourth-order valence-electron chi connectivity index (χ4n) is 3.18. The summed E-state index contributed by atoms with van der Waals surface area (Å²) < 4.78 is 5.30. The van der Waals surface area contributed by atoms with Gasteiger partial charge in [-0.05, 0) is 36.1 Å². The molecule has 1 N–H and O–H groups in total. The third kappa shape index (κ3) is 5.12. The van der Waals surface area contributed by atoms with Crippen LogP contribution in [-0.4, -0.2) is 18.5 Å². The fraction of sp³-hybridized carbons (Fsp3) is 0.120. The highest BCUT2D eigenvalue weighted by Gasteiger charge is 2.27. The molecule has 0 saturated carbocycles. The van der Waals surface area contributed by atoms with Crippen molar-refractivity contribution < 1.29 is 14.3 Å². The summed E-state index contributed by atoms with van der Waals surface area (Å²) in [4.78, 5) is 28.2. The van der Waals surface area contributed by atoms with Gasteiger partial charge in [0.05, 0.1) is 6.61 Å². The Kier molecular flexibility index (Phi) is 7.42. The first-order chi connectivity index (χ1) is 15.7. The number of ether oxygens (including phenoxy) is 1. The standard InChI is InChI=1S/C25H21NO3S3/c1-2-29-25(28)21-19(20-14-9-15-30-20)16-31-24(21)26-23(27)22(17-10-5-3-6-11-17)32-18-12-7-4-8-13-18/h3-16,22H,2H2,1H3,(H,26,27). The second-order valence-corrected chi connectivity index (χ2v) is 9.77. The summed E-state index contributed by atoms with van der Waals surface area (Å²) in [5.74, 6) is -0.616. The van der Waals surface area contributed by atoms with Crippen LogP contribution in [0.25, 0.3) is 10.4 Å². The maximum absolute atomic E-state index is 13.5. The van der Waals surface area contributed by atoms with E-state index in [1.807, 2.05) is 83.6 Å². The normalized spacial score (nSPS) is 11.7. The Morgan fingerprint density at radius 3 is 2.34 bits per heavy atom. The molecule has 0 radical (unpaired) electrons. The summed E-state index contributed by atoms with van der Waals surface area (Å²) in [6, 6.07) is 23.4. The Morgan fingerprint density at radius 2 is 1.69 bits per heavy atom. The van der Waals surface area contributed by atoms with Crippen molar-refractivity contribution >= 4 is 51.3 Å². The van der Waals surface area contributed by atoms with Gasteiger partial charge in [0.15, 0.2) is 0 Å². The van der Waals surface area contributed by atoms with Gasteiger partial charge in [0.25, 0.3) is 0 Å². The first-order valence-electron chi connectivity index (χ1n) is 10.1. The second kappa shape index (κ2) is 10.6. The van der Waals surface area contributed by atoms with Crippen molar-refractivity contribution in [1.29, 1.82) is 0 Å². The summed E-state index contributed by atoms with van der Waals surface area (Å²) in [7, 11) is 0. The van der Waals surface area contributed by atoms with Gasteiger partial charge >= 0.3 is 5.97 Å². The Balaban J connectivity index is 1.67. The minimum Gasteiger partial charge on any atom is -0.462 e. The van der Waals surface area contributed by atoms with Crippen molar-refractivity contribution in [3.8, 4) is 10.4 Å². The zero-order chi connectivity index (χ0) is 22.3. The van der Waals surface area contributed by atoms with E-state index >= 15 is 0 Å². The Hall–Kier alpha value is -2.87. The topological polar surface area (TPSA) is 55.4 Å². The molecule has 0 fully saturated rings. The lowest BCUT2D eigenvalue weighted by molar-refractivity contribution is -0.115. The average Bonchev–Trinajstić information content (AvgIpc) is 3.49. The molecule has 1 atom stereocenters. The number of thiophene rings is 2. The van der Waals surface area contributed by atoms with E-state index in [1.165, 1.54) is 23.1 Å². The number of carbonyl (C=O) groups excluding carboxylic acids is 2. The lowest BCUT2D eigenvalue weighted by Gasteiger charge is -2.17. The van der Waals surface area contributed by atoms with E-state index in [2.05, 4.69) is 5.32 Å². The number of hydrogen-bond acceptors (Lipinski definition) is 6. The minimum atomic E-state index is -0.471. The van der Waals surface area contributed by atoms with Gasteiger partial charge in [-0.25, -0.2) is 4.79 Å². The van der Waals surface area contributed by atoms with Crippen LogP contribution in [0.4, 0.5) is 5.00 Å². The summed E-state index contributed by atoms with van der Waals surface area (Å²) in [6.45, 7) is 2.04. The van der Waals surface area contributed by atoms with Gasteiger partial charge in [-0.3, -0.25) is 4.79 Å². The van der Waals surface area contributed by atoms with Gasteiger partial charge in [-0.2, -0.15) is 0 Å². The Bertz CT molecular complexity index is 1170. The molecule has 0 spiro atoms. The van der Waals surface area contributed by atoms with Crippen LogP contribution in [0.2, 0.25) is 0 Å². The van der Waals surface area contributed by atoms with Gasteiger partial charge in [0.2, 0.25) is 5.91 Å². The second-order valence-electron chi connectivity index (χ2n) is 6.76. The monoisotopic (exact) mass is 479 g/mol. The SMILES string of the molecule is CCOC(=O)c1c(-c2cccs2)csc1NC(=O)C(Sc1ccccc1)c1ccccc1. The molecule has 0 saturated heterocycles. The number of nitrogens with one attached hydrogen (secondary N) is 1. The summed E-state index contributed by atoms with van der Waals surface area (Å²) in [5, 5.41) is 6.91. The average molecular weight is 480 g/mol. The number of benzene rings is 2. The highest BCUT2D eigenvalue weighted by molar-refractivity contribution is 8.00. The minimum absolute atomic E-state index is 0.185. The zero-order valence-electron chi connectivity index (χ0n) is 17.3. The number of amides is 1. The molecule has 1 unspecified atom stereocenters. The summed E-state index contributed by atoms with van der Waals surface area (Å²) in [5.41, 5.74) is 2.08. The number of rotatable bonds is 8. The van der Waals surface area contributed by atoms with Gasteiger partial charge in [0, 0.05) is 20.7 Å². The number of carbonyl (C=O) groups is 2. The summed E-state index contributed by atoms with van der Waals surface area (Å²) in [6.07, 6.45) is 0. The molecule has 1 amide bonds. The van der Waals surface area contributed by atoms with Crippen molar-refractivity contribution in [3.63, 3.8) is 0 Å². The van der Waals surface area contributed by atoms with Crippen LogP contribution in [0.1, 0.15) is 28.1 Å². The molecule has 2 aromatic carbocycles. The molecule has 4 nitrogen and oxygen atoms in total. The van der Waals surface area contributed by atoms with Crippen LogP contribution in [0, 0.1) is 0 Å². The number of esters is 1. The number of thioether (sulfide) groups is 1. The van der Waals surface area contributed by atoms with E-state index in [0.29, 0.717) is 10.6 Å². The van der Waals surface area contributed by atoms with Crippen LogP contribution in [0.3, 0.4) is 0 Å². The van der Waals surface area contributed by atoms with Crippen LogP contribution < -0.4 is 5.32 Å². The maximum Gasteiger partial charge on any atom is 0.341 e. The maximum atomic E-state index is 13.5. The van der Waals surface area contributed by atoms with E-state index in [4.69, 9.17) is 4.74 Å². The molecule has 32 heavy (non-hydrogen) atoms. The van der Waals surface area contributed by atoms with Gasteiger partial charge in [-0.15, -0.1) is 34.4 Å². The van der Waals surface area contributed by atoms with Gasteiger partial charge < -0.3 is 10.1 Å². The van der Waals surface area contributed by atoms with Gasteiger partial charge in [-0.1, -0.05) is 54.6 Å². The highest BCUT2D eigenvalue weighted by atomic mass is 32.2. The lowest BCUT2D eigenvalue weighted by atomic mass is 10.1. The van der Waals surface area contributed by atoms with Crippen molar-refractivity contribution in [2.75, 3.05) is 11.9 Å². The zero-order valence-corrected chi connectivity index (χ0v) is 19.8. The van der Waals surface area contributed by atoms with Crippen molar-refractivity contribution in [2.24, 2.45) is 0 Å². The quantitative estimate of drug-likeness (QED) is 0.216. The lowest BCUT2D eigenvalue weighted by Crippen LogP contribution is -2.20. The fourth-order valence-corrected chi connectivity index (χ4v) is 6.00. The number of hydrogen-bond donors (Lipinski definition) is 1. The molecule has 162 valence electrons. The third-order valence-corrected chi connectivity index (χ3v) is 7.70. The van der Waals surface area contributed by atoms with Crippen molar-refractivity contribution in [1.82, 2.24) is 0 Å².